The standard InChI is InChI=1S/C24H32N4O2/c1-17-13-18-14-22(29-3)19(15-23(18)30-17)16-26-24(25-2)27-20-9-11-28(12-10-20)21-7-5-4-6-8-21/h4-8,14-15,17,20H,9-13,16H2,1-3H3,(H2,25,26,27). The lowest BCUT2D eigenvalue weighted by molar-refractivity contribution is 0.254. The molecule has 6 nitrogen and oxygen atoms in total. The van der Waals surface area contributed by atoms with E-state index in [1.807, 2.05) is 7.05 Å². The number of ether oxygens (including phenoxy) is 2. The van der Waals surface area contributed by atoms with Gasteiger partial charge in [0.15, 0.2) is 5.96 Å². The average molecular weight is 409 g/mol. The van der Waals surface area contributed by atoms with Crippen LogP contribution in [0.3, 0.4) is 0 Å². The number of para-hydroxylation sites is 1. The largest absolute Gasteiger partial charge is 0.496 e. The number of benzene rings is 2. The van der Waals surface area contributed by atoms with Crippen LogP contribution in [-0.2, 0) is 13.0 Å². The number of rotatable bonds is 5. The minimum atomic E-state index is 0.226. The van der Waals surface area contributed by atoms with Crippen LogP contribution in [-0.4, -0.2) is 45.4 Å². The summed E-state index contributed by atoms with van der Waals surface area (Å²) >= 11 is 0. The van der Waals surface area contributed by atoms with Crippen molar-refractivity contribution in [1.29, 1.82) is 0 Å². The van der Waals surface area contributed by atoms with Gasteiger partial charge in [0, 0.05) is 56.0 Å². The van der Waals surface area contributed by atoms with Crippen LogP contribution in [0.25, 0.3) is 0 Å². The van der Waals surface area contributed by atoms with E-state index in [0.717, 1.165) is 55.4 Å². The Kier molecular flexibility index (Phi) is 6.31. The number of anilines is 1. The zero-order chi connectivity index (χ0) is 20.9. The third-order valence-electron chi connectivity index (χ3n) is 5.93. The topological polar surface area (TPSA) is 58.1 Å². The Morgan fingerprint density at radius 2 is 1.97 bits per heavy atom. The average Bonchev–Trinajstić information content (AvgIpc) is 3.15. The summed E-state index contributed by atoms with van der Waals surface area (Å²) in [5.41, 5.74) is 3.60. The van der Waals surface area contributed by atoms with E-state index >= 15 is 0 Å². The Balaban J connectivity index is 1.31. The van der Waals surface area contributed by atoms with Gasteiger partial charge in [0.1, 0.15) is 17.6 Å². The van der Waals surface area contributed by atoms with Crippen molar-refractivity contribution in [2.75, 3.05) is 32.1 Å². The maximum Gasteiger partial charge on any atom is 0.191 e. The van der Waals surface area contributed by atoms with E-state index in [1.165, 1.54) is 11.3 Å². The van der Waals surface area contributed by atoms with Crippen LogP contribution in [0.4, 0.5) is 5.69 Å². The van der Waals surface area contributed by atoms with Gasteiger partial charge in [0.05, 0.1) is 7.11 Å². The number of nitrogens with zero attached hydrogens (tertiary/aromatic N) is 2. The molecule has 2 aromatic carbocycles. The highest BCUT2D eigenvalue weighted by Gasteiger charge is 2.23. The number of hydrogen-bond donors (Lipinski definition) is 2. The lowest BCUT2D eigenvalue weighted by Gasteiger charge is -2.34. The first-order valence-electron chi connectivity index (χ1n) is 10.8. The van der Waals surface area contributed by atoms with Crippen LogP contribution in [0.1, 0.15) is 30.9 Å². The minimum Gasteiger partial charge on any atom is -0.496 e. The molecule has 30 heavy (non-hydrogen) atoms. The molecule has 4 rings (SSSR count). The fraction of sp³-hybridized carbons (Fsp3) is 0.458. The lowest BCUT2D eigenvalue weighted by Crippen LogP contribution is -2.48. The van der Waals surface area contributed by atoms with Crippen LogP contribution in [0.15, 0.2) is 47.5 Å². The van der Waals surface area contributed by atoms with Crippen molar-refractivity contribution in [3.63, 3.8) is 0 Å². The summed E-state index contributed by atoms with van der Waals surface area (Å²) in [4.78, 5) is 6.87. The molecule has 1 atom stereocenters. The lowest BCUT2D eigenvalue weighted by atomic mass is 10.0. The predicted molar refractivity (Wildman–Crippen MR) is 122 cm³/mol. The summed E-state index contributed by atoms with van der Waals surface area (Å²) in [6.07, 6.45) is 3.33. The summed E-state index contributed by atoms with van der Waals surface area (Å²) in [5, 5.41) is 7.03. The van der Waals surface area contributed by atoms with Crippen molar-refractivity contribution >= 4 is 11.6 Å². The fourth-order valence-electron chi connectivity index (χ4n) is 4.30. The predicted octanol–water partition coefficient (Wildman–Crippen LogP) is 3.35. The van der Waals surface area contributed by atoms with Gasteiger partial charge in [-0.15, -0.1) is 0 Å². The van der Waals surface area contributed by atoms with Gasteiger partial charge >= 0.3 is 0 Å². The van der Waals surface area contributed by atoms with E-state index in [-0.39, 0.29) is 6.10 Å². The van der Waals surface area contributed by atoms with Gasteiger partial charge < -0.3 is 25.0 Å². The Hall–Kier alpha value is -2.89. The minimum absolute atomic E-state index is 0.226. The third-order valence-corrected chi connectivity index (χ3v) is 5.93. The van der Waals surface area contributed by atoms with Crippen molar-refractivity contribution < 1.29 is 9.47 Å². The van der Waals surface area contributed by atoms with Gasteiger partial charge in [0.2, 0.25) is 0 Å². The molecule has 1 fully saturated rings. The number of methoxy groups -OCH3 is 1. The molecule has 2 heterocycles. The summed E-state index contributed by atoms with van der Waals surface area (Å²) in [6, 6.07) is 15.3. The Labute approximate surface area is 179 Å². The molecule has 0 aliphatic carbocycles. The van der Waals surface area contributed by atoms with Crippen LogP contribution >= 0.6 is 0 Å². The van der Waals surface area contributed by atoms with Crippen LogP contribution < -0.4 is 25.0 Å². The van der Waals surface area contributed by atoms with Crippen LogP contribution in [0.5, 0.6) is 11.5 Å². The maximum absolute atomic E-state index is 5.91. The highest BCUT2D eigenvalue weighted by molar-refractivity contribution is 5.80. The molecular formula is C24H32N4O2. The number of piperidine rings is 1. The van der Waals surface area contributed by atoms with Gasteiger partial charge in [-0.05, 0) is 44.0 Å². The van der Waals surface area contributed by atoms with Gasteiger partial charge in [0.25, 0.3) is 0 Å². The van der Waals surface area contributed by atoms with Crippen LogP contribution in [0.2, 0.25) is 0 Å². The third kappa shape index (κ3) is 4.64. The first kappa shape index (κ1) is 20.4. The van der Waals surface area contributed by atoms with E-state index in [4.69, 9.17) is 9.47 Å². The van der Waals surface area contributed by atoms with Gasteiger partial charge in [-0.2, -0.15) is 0 Å². The molecule has 1 unspecified atom stereocenters. The molecule has 6 heteroatoms. The van der Waals surface area contributed by atoms with E-state index in [9.17, 15) is 0 Å². The second-order valence-electron chi connectivity index (χ2n) is 8.07. The fourth-order valence-corrected chi connectivity index (χ4v) is 4.30. The Morgan fingerprint density at radius 1 is 1.20 bits per heavy atom. The van der Waals surface area contributed by atoms with Crippen molar-refractivity contribution in [2.45, 2.75) is 44.9 Å². The molecule has 2 N–H and O–H groups in total. The van der Waals surface area contributed by atoms with E-state index < -0.39 is 0 Å². The number of fused-ring (bicyclic) bond motifs is 1. The summed E-state index contributed by atoms with van der Waals surface area (Å²) in [6.45, 7) is 4.83. The van der Waals surface area contributed by atoms with Gasteiger partial charge in [-0.1, -0.05) is 18.2 Å². The molecule has 0 bridgehead atoms. The quantitative estimate of drug-likeness (QED) is 0.587. The van der Waals surface area contributed by atoms with Crippen molar-refractivity contribution in [3.8, 4) is 11.5 Å². The number of guanidine groups is 1. The van der Waals surface area contributed by atoms with E-state index in [0.29, 0.717) is 12.6 Å². The van der Waals surface area contributed by atoms with Crippen molar-refractivity contribution in [1.82, 2.24) is 10.6 Å². The molecule has 2 aliphatic heterocycles. The highest BCUT2D eigenvalue weighted by atomic mass is 16.5. The summed E-state index contributed by atoms with van der Waals surface area (Å²) in [5.74, 6) is 2.69. The number of aliphatic imine (C=N–C) groups is 1. The zero-order valence-electron chi connectivity index (χ0n) is 18.1. The molecule has 0 spiro atoms. The van der Waals surface area contributed by atoms with Crippen LogP contribution in [0, 0.1) is 0 Å². The monoisotopic (exact) mass is 408 g/mol. The first-order chi connectivity index (χ1) is 14.7. The summed E-state index contributed by atoms with van der Waals surface area (Å²) in [7, 11) is 3.54. The second-order valence-corrected chi connectivity index (χ2v) is 8.07. The zero-order valence-corrected chi connectivity index (χ0v) is 18.1. The van der Waals surface area contributed by atoms with Crippen molar-refractivity contribution in [3.05, 3.63) is 53.6 Å². The normalized spacial score (nSPS) is 19.2. The molecule has 0 amide bonds. The molecule has 2 aromatic rings. The summed E-state index contributed by atoms with van der Waals surface area (Å²) < 4.78 is 11.5. The molecule has 1 saturated heterocycles. The van der Waals surface area contributed by atoms with E-state index in [1.54, 1.807) is 7.11 Å². The first-order valence-corrected chi connectivity index (χ1v) is 10.8. The maximum atomic E-state index is 5.91. The molecule has 160 valence electrons. The van der Waals surface area contributed by atoms with E-state index in [2.05, 4.69) is 69.9 Å². The van der Waals surface area contributed by atoms with Gasteiger partial charge in [-0.3, -0.25) is 4.99 Å². The smallest absolute Gasteiger partial charge is 0.191 e. The number of nitrogens with one attached hydrogen (secondary N) is 2. The molecule has 0 aromatic heterocycles. The number of hydrogen-bond acceptors (Lipinski definition) is 4. The molecular weight excluding hydrogens is 376 g/mol. The Morgan fingerprint density at radius 3 is 2.67 bits per heavy atom. The second kappa shape index (κ2) is 9.28. The Bertz CT molecular complexity index is 876. The molecule has 2 aliphatic rings. The SMILES string of the molecule is CN=C(NCc1cc2c(cc1OC)CC(C)O2)NC1CCN(c2ccccc2)CC1. The molecule has 0 saturated carbocycles. The molecule has 0 radical (unpaired) electrons. The van der Waals surface area contributed by atoms with Crippen molar-refractivity contribution in [2.24, 2.45) is 4.99 Å². The highest BCUT2D eigenvalue weighted by Crippen LogP contribution is 2.34. The van der Waals surface area contributed by atoms with Gasteiger partial charge in [-0.25, -0.2) is 0 Å².